The lowest BCUT2D eigenvalue weighted by Gasteiger charge is -2.15. The van der Waals surface area contributed by atoms with Crippen molar-refractivity contribution >= 4 is 97.0 Å². The number of hydrogen-bond donors (Lipinski definition) is 0. The van der Waals surface area contributed by atoms with Gasteiger partial charge in [0.2, 0.25) is 0 Å². The zero-order valence-corrected chi connectivity index (χ0v) is 81.8. The van der Waals surface area contributed by atoms with Crippen LogP contribution in [0.2, 0.25) is 0 Å². The first kappa shape index (κ1) is 90.1. The molecule has 0 unspecified atom stereocenters. The molecule has 0 atom stereocenters. The van der Waals surface area contributed by atoms with Gasteiger partial charge in [0.05, 0.1) is 22.8 Å². The maximum Gasteiger partial charge on any atom is 0.164 e. The monoisotopic (exact) mass is 1910 g/mol. The third-order valence-electron chi connectivity index (χ3n) is 28.9. The van der Waals surface area contributed by atoms with E-state index in [1.165, 1.54) is 130 Å². The van der Waals surface area contributed by atoms with E-state index in [0.717, 1.165) is 117 Å². The Morgan fingerprint density at radius 1 is 0.0800 bits per heavy atom. The first-order chi connectivity index (χ1) is 74.4. The van der Waals surface area contributed by atoms with Crippen molar-refractivity contribution in [1.82, 2.24) is 34.9 Å². The van der Waals surface area contributed by atoms with E-state index in [2.05, 4.69) is 473 Å². The van der Waals surface area contributed by atoms with E-state index in [0.29, 0.717) is 29.1 Å². The zero-order chi connectivity index (χ0) is 99.6. The molecule has 0 saturated heterocycles. The highest BCUT2D eigenvalue weighted by atomic mass is 15.0. The van der Waals surface area contributed by atoms with E-state index in [1.807, 2.05) is 91.0 Å². The summed E-state index contributed by atoms with van der Waals surface area (Å²) in [4.78, 5) is 35.6. The molecule has 0 fully saturated rings. The lowest BCUT2D eigenvalue weighted by Crippen LogP contribution is -2.01. The van der Waals surface area contributed by atoms with Gasteiger partial charge in [-0.25, -0.2) is 34.9 Å². The molecule has 0 radical (unpaired) electrons. The quantitative estimate of drug-likeness (QED) is 0.0890. The molecule has 28 rings (SSSR count). The van der Waals surface area contributed by atoms with Crippen LogP contribution in [0.3, 0.4) is 0 Å². The maximum atomic E-state index is 5.22. The van der Waals surface area contributed by atoms with Gasteiger partial charge in [0.25, 0.3) is 0 Å². The summed E-state index contributed by atoms with van der Waals surface area (Å²) in [7, 11) is 0. The summed E-state index contributed by atoms with van der Waals surface area (Å²) in [6.45, 7) is 0. The molecule has 700 valence electrons. The Morgan fingerprint density at radius 3 is 0.600 bits per heavy atom. The molecule has 28 aromatic rings. The van der Waals surface area contributed by atoms with E-state index in [-0.39, 0.29) is 0 Å². The number of rotatable bonds is 16. The number of benzene rings is 25. The van der Waals surface area contributed by atoms with Crippen LogP contribution in [-0.2, 0) is 0 Å². The molecule has 3 heterocycles. The van der Waals surface area contributed by atoms with Crippen molar-refractivity contribution in [3.8, 4) is 180 Å². The van der Waals surface area contributed by atoms with Crippen LogP contribution in [-0.4, -0.2) is 34.9 Å². The summed E-state index contributed by atoms with van der Waals surface area (Å²) in [6.07, 6.45) is 0. The first-order valence-corrected chi connectivity index (χ1v) is 50.9. The van der Waals surface area contributed by atoms with Crippen molar-refractivity contribution in [1.29, 1.82) is 0 Å². The normalized spacial score (nSPS) is 11.3. The van der Waals surface area contributed by atoms with Crippen LogP contribution in [0.5, 0.6) is 0 Å². The van der Waals surface area contributed by atoms with E-state index in [9.17, 15) is 0 Å². The highest BCUT2D eigenvalue weighted by Crippen LogP contribution is 2.47. The third-order valence-corrected chi connectivity index (χ3v) is 28.9. The second-order valence-corrected chi connectivity index (χ2v) is 37.9. The molecule has 0 aliphatic heterocycles. The summed E-state index contributed by atoms with van der Waals surface area (Å²) in [5.74, 6) is 3.36. The summed E-state index contributed by atoms with van der Waals surface area (Å²) in [5, 5.41) is 23.0. The standard InChI is InChI=1S/C52H34N2.C46H30N2.C45H29N3/c1-3-15-35(16-4-1)37-19-14-22-41(32-37)50-34-51(54-52(53-50)36-17-5-2-6-18-36)48-28-12-7-23-42(48)40-21-13-20-38(31-40)39-29-30-47-45-26-9-8-24-43(45)44-25-10-11-27-46(44)49(47)33-39;1-3-14-31(15-4-1)44-30-45(32-16-5-2-6-17-32)48-46(47-44)42-25-12-7-20-36(42)35-19-13-18-33(28-35)34-26-27-41-39-23-9-8-21-37(39)38-22-10-11-24-40(38)43(41)29-34;1-3-14-30(15-4-1)43-46-44(31-16-5-2-6-17-31)48-45(47-43)41-25-12-7-20-35(41)34-19-13-18-32(28-34)33-26-27-40-38-23-9-8-21-36(38)37-22-10-11-24-39(37)42(40)29-33/h1-34H;1-30H;1-29H. The van der Waals surface area contributed by atoms with Gasteiger partial charge in [-0.15, -0.1) is 0 Å². The van der Waals surface area contributed by atoms with Crippen LogP contribution in [0.1, 0.15) is 0 Å². The molecule has 7 heteroatoms. The van der Waals surface area contributed by atoms with Crippen molar-refractivity contribution in [3.05, 3.63) is 564 Å². The van der Waals surface area contributed by atoms with Gasteiger partial charge in [0.1, 0.15) is 0 Å². The SMILES string of the molecule is c1ccc(-c2cc(-c3ccccc3)nc(-c3ccccc3-c3cccc(-c4ccc5c6ccccc6c6ccccc6c5c4)c3)n2)cc1.c1ccc(-c2cccc(-c3cc(-c4ccccc4-c4cccc(-c5ccc6c7ccccc7c7ccccc7c6c5)c4)nc(-c4ccccc4)n3)c2)cc1.c1ccc(-c2nc(-c3ccccc3)nc(-c3ccccc3-c3cccc(-c4ccc5c6ccccc6c6ccccc6c5c4)c3)n2)cc1. The number of nitrogens with zero attached hydrogens (tertiary/aromatic N) is 7. The molecule has 7 nitrogen and oxygen atoms in total. The van der Waals surface area contributed by atoms with Gasteiger partial charge in [-0.2, -0.15) is 0 Å². The van der Waals surface area contributed by atoms with E-state index in [1.54, 1.807) is 0 Å². The Hall–Kier alpha value is -20.0. The summed E-state index contributed by atoms with van der Waals surface area (Å²) < 4.78 is 0. The second-order valence-electron chi connectivity index (χ2n) is 37.9. The van der Waals surface area contributed by atoms with Crippen LogP contribution in [0, 0.1) is 0 Å². The minimum atomic E-state index is 0.646. The lowest BCUT2D eigenvalue weighted by molar-refractivity contribution is 1.07. The van der Waals surface area contributed by atoms with Crippen LogP contribution >= 0.6 is 0 Å². The van der Waals surface area contributed by atoms with Gasteiger partial charge in [-0.3, -0.25) is 0 Å². The van der Waals surface area contributed by atoms with E-state index in [4.69, 9.17) is 34.9 Å². The Kier molecular flexibility index (Phi) is 24.0. The van der Waals surface area contributed by atoms with Crippen molar-refractivity contribution < 1.29 is 0 Å². The number of fused-ring (bicyclic) bond motifs is 18. The Bertz CT molecular complexity index is 9430. The molecule has 3 aromatic heterocycles. The van der Waals surface area contributed by atoms with E-state index >= 15 is 0 Å². The predicted octanol–water partition coefficient (Wildman–Crippen LogP) is 37.9. The fourth-order valence-corrected chi connectivity index (χ4v) is 21.6. The third kappa shape index (κ3) is 17.7. The largest absolute Gasteiger partial charge is 0.228 e. The molecule has 0 bridgehead atoms. The molecular weight excluding hydrogens is 1820 g/mol. The van der Waals surface area contributed by atoms with Crippen molar-refractivity contribution in [2.24, 2.45) is 0 Å². The van der Waals surface area contributed by atoms with Gasteiger partial charge < -0.3 is 0 Å². The van der Waals surface area contributed by atoms with E-state index < -0.39 is 0 Å². The zero-order valence-electron chi connectivity index (χ0n) is 81.8. The topological polar surface area (TPSA) is 90.2 Å². The fourth-order valence-electron chi connectivity index (χ4n) is 21.6. The van der Waals surface area contributed by atoms with Crippen molar-refractivity contribution in [3.63, 3.8) is 0 Å². The second kappa shape index (κ2) is 40.0. The average Bonchev–Trinajstić information content (AvgIpc) is 0.746. The number of hydrogen-bond acceptors (Lipinski definition) is 7. The molecule has 0 spiro atoms. The van der Waals surface area contributed by atoms with Crippen LogP contribution in [0.25, 0.3) is 277 Å². The number of aromatic nitrogens is 7. The summed E-state index contributed by atoms with van der Waals surface area (Å²) >= 11 is 0. The van der Waals surface area contributed by atoms with Crippen LogP contribution in [0.4, 0.5) is 0 Å². The van der Waals surface area contributed by atoms with Gasteiger partial charge in [-0.05, 0) is 229 Å². The van der Waals surface area contributed by atoms with Gasteiger partial charge in [0, 0.05) is 50.1 Å². The summed E-state index contributed by atoms with van der Waals surface area (Å²) in [5.41, 5.74) is 28.7. The average molecular weight is 1910 g/mol. The predicted molar refractivity (Wildman–Crippen MR) is 628 cm³/mol. The highest BCUT2D eigenvalue weighted by molar-refractivity contribution is 6.28. The molecule has 150 heavy (non-hydrogen) atoms. The highest BCUT2D eigenvalue weighted by Gasteiger charge is 2.23. The molecule has 25 aromatic carbocycles. The van der Waals surface area contributed by atoms with Crippen LogP contribution < -0.4 is 0 Å². The van der Waals surface area contributed by atoms with Gasteiger partial charge >= 0.3 is 0 Å². The molecule has 0 aliphatic rings. The lowest BCUT2D eigenvalue weighted by atomic mass is 9.91. The van der Waals surface area contributed by atoms with Crippen molar-refractivity contribution in [2.75, 3.05) is 0 Å². The fraction of sp³-hybridized carbons (Fsp3) is 0. The Morgan fingerprint density at radius 2 is 0.267 bits per heavy atom. The molecule has 0 aliphatic carbocycles. The molecular formula is C143H93N7. The molecule has 0 saturated carbocycles. The first-order valence-electron chi connectivity index (χ1n) is 50.9. The Balaban J connectivity index is 0.000000114. The molecule has 0 amide bonds. The van der Waals surface area contributed by atoms with Gasteiger partial charge in [0.15, 0.2) is 29.1 Å². The van der Waals surface area contributed by atoms with Gasteiger partial charge in [-0.1, -0.05) is 510 Å². The Labute approximate surface area is 869 Å². The minimum absolute atomic E-state index is 0.646. The summed E-state index contributed by atoms with van der Waals surface area (Å²) in [6, 6.07) is 200. The van der Waals surface area contributed by atoms with Crippen LogP contribution in [0.15, 0.2) is 564 Å². The van der Waals surface area contributed by atoms with Crippen molar-refractivity contribution in [2.45, 2.75) is 0 Å². The smallest absolute Gasteiger partial charge is 0.164 e. The molecule has 0 N–H and O–H groups in total. The minimum Gasteiger partial charge on any atom is -0.228 e. The maximum absolute atomic E-state index is 5.22.